The first-order valence-corrected chi connectivity index (χ1v) is 7.03. The molecule has 0 bridgehead atoms. The summed E-state index contributed by atoms with van der Waals surface area (Å²) in [6.07, 6.45) is 2.07. The van der Waals surface area contributed by atoms with Gasteiger partial charge in [0.1, 0.15) is 5.15 Å². The molecule has 0 atom stereocenters. The zero-order valence-corrected chi connectivity index (χ0v) is 12.6. The predicted octanol–water partition coefficient (Wildman–Crippen LogP) is 4.01. The fourth-order valence-electron chi connectivity index (χ4n) is 1.65. The minimum absolute atomic E-state index is 0.234. The average Bonchev–Trinajstić information content (AvgIpc) is 2.43. The molecule has 0 aliphatic carbocycles. The minimum Gasteiger partial charge on any atom is -0.352 e. The molecule has 0 spiro atoms. The molecule has 0 unspecified atom stereocenters. The first-order chi connectivity index (χ1) is 9.56. The Labute approximate surface area is 131 Å². The van der Waals surface area contributed by atoms with E-state index in [4.69, 9.17) is 34.8 Å². The van der Waals surface area contributed by atoms with Gasteiger partial charge in [0.15, 0.2) is 0 Å². The number of benzene rings is 1. The van der Waals surface area contributed by atoms with E-state index in [0.29, 0.717) is 23.6 Å². The van der Waals surface area contributed by atoms with Gasteiger partial charge in [-0.1, -0.05) is 46.9 Å². The van der Waals surface area contributed by atoms with Gasteiger partial charge in [-0.3, -0.25) is 4.79 Å². The van der Waals surface area contributed by atoms with Crippen molar-refractivity contribution in [1.82, 2.24) is 10.3 Å². The third-order valence-electron chi connectivity index (χ3n) is 2.68. The molecule has 0 aliphatic heterocycles. The molecule has 6 heteroatoms. The summed E-state index contributed by atoms with van der Waals surface area (Å²) in [6.45, 7) is 0.497. The number of hydrogen-bond acceptors (Lipinski definition) is 2. The summed E-state index contributed by atoms with van der Waals surface area (Å²) in [4.78, 5) is 15.8. The monoisotopic (exact) mass is 328 g/mol. The lowest BCUT2D eigenvalue weighted by Crippen LogP contribution is -2.26. The van der Waals surface area contributed by atoms with E-state index in [2.05, 4.69) is 10.3 Å². The number of nitrogens with zero attached hydrogens (tertiary/aromatic N) is 1. The van der Waals surface area contributed by atoms with Crippen LogP contribution in [0.4, 0.5) is 0 Å². The topological polar surface area (TPSA) is 42.0 Å². The van der Waals surface area contributed by atoms with Gasteiger partial charge < -0.3 is 5.32 Å². The first-order valence-electron chi connectivity index (χ1n) is 5.90. The fraction of sp³-hybridized carbons (Fsp3) is 0.143. The minimum atomic E-state index is -0.270. The van der Waals surface area contributed by atoms with Crippen LogP contribution in [-0.2, 0) is 6.42 Å². The highest BCUT2D eigenvalue weighted by molar-refractivity contribution is 6.35. The van der Waals surface area contributed by atoms with Crippen LogP contribution in [0.1, 0.15) is 15.9 Å². The Morgan fingerprint density at radius 3 is 2.55 bits per heavy atom. The molecule has 0 fully saturated rings. The number of carbonyl (C=O) groups excluding carboxylic acids is 1. The number of nitrogens with one attached hydrogen (secondary N) is 1. The Hall–Kier alpha value is -1.29. The summed E-state index contributed by atoms with van der Waals surface area (Å²) in [5, 5.41) is 3.99. The predicted molar refractivity (Wildman–Crippen MR) is 81.7 cm³/mol. The Bertz CT molecular complexity index is 614. The van der Waals surface area contributed by atoms with Gasteiger partial charge in [-0.2, -0.15) is 0 Å². The van der Waals surface area contributed by atoms with Crippen LogP contribution in [0.3, 0.4) is 0 Å². The maximum absolute atomic E-state index is 12.0. The lowest BCUT2D eigenvalue weighted by molar-refractivity contribution is 0.0954. The molecule has 20 heavy (non-hydrogen) atoms. The van der Waals surface area contributed by atoms with E-state index in [0.717, 1.165) is 5.56 Å². The zero-order chi connectivity index (χ0) is 14.5. The smallest absolute Gasteiger partial charge is 0.252 e. The van der Waals surface area contributed by atoms with Gasteiger partial charge in [-0.05, 0) is 30.2 Å². The molecule has 0 radical (unpaired) electrons. The van der Waals surface area contributed by atoms with Gasteiger partial charge in [0.2, 0.25) is 0 Å². The second-order valence-electron chi connectivity index (χ2n) is 4.12. The summed E-state index contributed by atoms with van der Waals surface area (Å²) in [6, 6.07) is 8.92. The number of amides is 1. The largest absolute Gasteiger partial charge is 0.352 e. The van der Waals surface area contributed by atoms with E-state index < -0.39 is 0 Å². The van der Waals surface area contributed by atoms with Crippen molar-refractivity contribution >= 4 is 40.7 Å². The number of halogens is 3. The lowest BCUT2D eigenvalue weighted by atomic mass is 10.1. The molecule has 2 aromatic rings. The van der Waals surface area contributed by atoms with Gasteiger partial charge in [0, 0.05) is 17.8 Å². The molecule has 0 saturated carbocycles. The normalized spacial score (nSPS) is 10.3. The molecule has 1 amide bonds. The van der Waals surface area contributed by atoms with Crippen LogP contribution >= 0.6 is 34.8 Å². The van der Waals surface area contributed by atoms with Crippen molar-refractivity contribution < 1.29 is 4.79 Å². The van der Waals surface area contributed by atoms with E-state index in [-0.39, 0.29) is 16.1 Å². The van der Waals surface area contributed by atoms with Crippen LogP contribution in [0.25, 0.3) is 0 Å². The van der Waals surface area contributed by atoms with Gasteiger partial charge in [-0.25, -0.2) is 4.98 Å². The second-order valence-corrected chi connectivity index (χ2v) is 5.35. The average molecular weight is 330 g/mol. The van der Waals surface area contributed by atoms with Crippen molar-refractivity contribution in [2.45, 2.75) is 6.42 Å². The quantitative estimate of drug-likeness (QED) is 0.861. The molecule has 1 N–H and O–H groups in total. The number of aromatic nitrogens is 1. The van der Waals surface area contributed by atoms with Crippen LogP contribution in [-0.4, -0.2) is 17.4 Å². The van der Waals surface area contributed by atoms with Crippen molar-refractivity contribution in [3.05, 3.63) is 62.9 Å². The molecule has 1 aromatic heterocycles. The number of hydrogen-bond donors (Lipinski definition) is 1. The Morgan fingerprint density at radius 1 is 1.15 bits per heavy atom. The molecule has 1 heterocycles. The highest BCUT2D eigenvalue weighted by atomic mass is 35.5. The van der Waals surface area contributed by atoms with Gasteiger partial charge in [0.05, 0.1) is 10.6 Å². The van der Waals surface area contributed by atoms with Crippen LogP contribution in [0, 0.1) is 0 Å². The zero-order valence-electron chi connectivity index (χ0n) is 10.4. The van der Waals surface area contributed by atoms with Crippen molar-refractivity contribution in [2.75, 3.05) is 6.54 Å². The second kappa shape index (κ2) is 6.93. The van der Waals surface area contributed by atoms with E-state index in [1.807, 2.05) is 24.3 Å². The highest BCUT2D eigenvalue weighted by Gasteiger charge is 2.11. The molecule has 3 nitrogen and oxygen atoms in total. The summed E-state index contributed by atoms with van der Waals surface area (Å²) in [5.41, 5.74) is 1.41. The van der Waals surface area contributed by atoms with Crippen molar-refractivity contribution in [2.24, 2.45) is 0 Å². The number of pyridine rings is 1. The third-order valence-corrected chi connectivity index (χ3v) is 3.44. The molecule has 0 aliphatic rings. The molecule has 0 saturated heterocycles. The number of carbonyl (C=O) groups is 1. The molecule has 104 valence electrons. The van der Waals surface area contributed by atoms with Crippen LogP contribution in [0.2, 0.25) is 15.2 Å². The molecular weight excluding hydrogens is 319 g/mol. The fourth-order valence-corrected chi connectivity index (χ4v) is 2.13. The highest BCUT2D eigenvalue weighted by Crippen LogP contribution is 2.17. The Balaban J connectivity index is 1.92. The summed E-state index contributed by atoms with van der Waals surface area (Å²) >= 11 is 17.5. The van der Waals surface area contributed by atoms with Gasteiger partial charge in [0.25, 0.3) is 5.91 Å². The standard InChI is InChI=1S/C14H11Cl3N2O/c15-10-3-1-9(2-4-10)5-6-18-14(20)11-7-13(17)19-8-12(11)16/h1-4,7-8H,5-6H2,(H,18,20). The lowest BCUT2D eigenvalue weighted by Gasteiger charge is -2.07. The Kier molecular flexibility index (Phi) is 5.24. The van der Waals surface area contributed by atoms with E-state index in [9.17, 15) is 4.79 Å². The summed E-state index contributed by atoms with van der Waals surface area (Å²) in [5.74, 6) is -0.270. The Morgan fingerprint density at radius 2 is 1.85 bits per heavy atom. The third kappa shape index (κ3) is 4.10. The summed E-state index contributed by atoms with van der Waals surface area (Å²) in [7, 11) is 0. The summed E-state index contributed by atoms with van der Waals surface area (Å²) < 4.78 is 0. The first kappa shape index (κ1) is 15.1. The maximum atomic E-state index is 12.0. The molecule has 2 rings (SSSR count). The van der Waals surface area contributed by atoms with Crippen molar-refractivity contribution in [1.29, 1.82) is 0 Å². The van der Waals surface area contributed by atoms with Crippen LogP contribution in [0.5, 0.6) is 0 Å². The SMILES string of the molecule is O=C(NCCc1ccc(Cl)cc1)c1cc(Cl)ncc1Cl. The molecule has 1 aromatic carbocycles. The van der Waals surface area contributed by atoms with E-state index >= 15 is 0 Å². The van der Waals surface area contributed by atoms with Gasteiger partial charge in [-0.15, -0.1) is 0 Å². The number of rotatable bonds is 4. The van der Waals surface area contributed by atoms with Crippen LogP contribution in [0.15, 0.2) is 36.5 Å². The van der Waals surface area contributed by atoms with Crippen molar-refractivity contribution in [3.63, 3.8) is 0 Å². The van der Waals surface area contributed by atoms with E-state index in [1.165, 1.54) is 12.3 Å². The van der Waals surface area contributed by atoms with Crippen molar-refractivity contribution in [3.8, 4) is 0 Å². The van der Waals surface area contributed by atoms with E-state index in [1.54, 1.807) is 0 Å². The van der Waals surface area contributed by atoms with Crippen LogP contribution < -0.4 is 5.32 Å². The maximum Gasteiger partial charge on any atom is 0.252 e. The molecular formula is C14H11Cl3N2O. The van der Waals surface area contributed by atoms with Gasteiger partial charge >= 0.3 is 0 Å².